The smallest absolute Gasteiger partial charge is 0.410 e. The standard InChI is InChI=1S/C23H36N4O3/c1-18-7-5-6-8-19(18)23(9-15-29-16-10-23)17-25-20(24)26-11-13-27(14-12-26)21(28)30-22(2,3)4/h5-8H,9-17H2,1-4H3,(H2,24,25). The number of carbonyl (C=O) groups is 1. The van der Waals surface area contributed by atoms with Crippen LogP contribution in [-0.4, -0.2) is 73.4 Å². The molecule has 30 heavy (non-hydrogen) atoms. The molecule has 2 aliphatic heterocycles. The van der Waals surface area contributed by atoms with E-state index in [4.69, 9.17) is 20.2 Å². The summed E-state index contributed by atoms with van der Waals surface area (Å²) in [5.41, 5.74) is 8.49. The van der Waals surface area contributed by atoms with Crippen molar-refractivity contribution >= 4 is 12.1 Å². The van der Waals surface area contributed by atoms with Crippen LogP contribution in [0.1, 0.15) is 44.7 Å². The van der Waals surface area contributed by atoms with Gasteiger partial charge in [-0.1, -0.05) is 24.3 Å². The van der Waals surface area contributed by atoms with Crippen LogP contribution in [0.4, 0.5) is 4.79 Å². The van der Waals surface area contributed by atoms with Crippen LogP contribution in [0.2, 0.25) is 0 Å². The third-order valence-corrected chi connectivity index (χ3v) is 5.97. The van der Waals surface area contributed by atoms with E-state index >= 15 is 0 Å². The monoisotopic (exact) mass is 416 g/mol. The number of benzene rings is 1. The number of hydrogen-bond acceptors (Lipinski definition) is 4. The van der Waals surface area contributed by atoms with Crippen molar-refractivity contribution in [3.05, 3.63) is 35.4 Å². The Kier molecular flexibility index (Phi) is 6.91. The van der Waals surface area contributed by atoms with Gasteiger partial charge in [-0.05, 0) is 51.7 Å². The molecule has 0 spiro atoms. The average Bonchev–Trinajstić information content (AvgIpc) is 2.72. The highest BCUT2D eigenvalue weighted by atomic mass is 16.6. The second-order valence-corrected chi connectivity index (χ2v) is 9.34. The summed E-state index contributed by atoms with van der Waals surface area (Å²) in [7, 11) is 0. The van der Waals surface area contributed by atoms with Gasteiger partial charge in [0.25, 0.3) is 0 Å². The summed E-state index contributed by atoms with van der Waals surface area (Å²) in [6, 6.07) is 8.55. The number of piperazine rings is 1. The number of aryl methyl sites for hydroxylation is 1. The lowest BCUT2D eigenvalue weighted by molar-refractivity contribution is 0.0186. The number of guanidine groups is 1. The zero-order chi connectivity index (χ0) is 21.8. The highest BCUT2D eigenvalue weighted by Gasteiger charge is 2.36. The van der Waals surface area contributed by atoms with E-state index in [1.807, 2.05) is 20.8 Å². The molecule has 2 N–H and O–H groups in total. The maximum absolute atomic E-state index is 12.3. The molecule has 0 saturated carbocycles. The number of carbonyl (C=O) groups excluding carboxylic acids is 1. The second kappa shape index (κ2) is 9.25. The zero-order valence-corrected chi connectivity index (χ0v) is 18.8. The summed E-state index contributed by atoms with van der Waals surface area (Å²) in [5.74, 6) is 0.554. The van der Waals surface area contributed by atoms with Crippen molar-refractivity contribution in [3.63, 3.8) is 0 Å². The molecule has 7 nitrogen and oxygen atoms in total. The highest BCUT2D eigenvalue weighted by Crippen LogP contribution is 2.37. The molecule has 0 radical (unpaired) electrons. The van der Waals surface area contributed by atoms with Crippen LogP contribution in [0, 0.1) is 6.92 Å². The number of rotatable bonds is 3. The van der Waals surface area contributed by atoms with Crippen molar-refractivity contribution in [2.24, 2.45) is 10.7 Å². The molecule has 7 heteroatoms. The summed E-state index contributed by atoms with van der Waals surface area (Å²) >= 11 is 0. The van der Waals surface area contributed by atoms with Crippen molar-refractivity contribution in [1.29, 1.82) is 0 Å². The molecule has 3 rings (SSSR count). The zero-order valence-electron chi connectivity index (χ0n) is 18.8. The lowest BCUT2D eigenvalue weighted by Gasteiger charge is -2.39. The van der Waals surface area contributed by atoms with Crippen molar-refractivity contribution in [2.45, 2.75) is 51.6 Å². The van der Waals surface area contributed by atoms with Gasteiger partial charge in [0.15, 0.2) is 5.96 Å². The van der Waals surface area contributed by atoms with E-state index in [1.165, 1.54) is 11.1 Å². The predicted octanol–water partition coefficient (Wildman–Crippen LogP) is 2.91. The Morgan fingerprint density at radius 1 is 1.13 bits per heavy atom. The summed E-state index contributed by atoms with van der Waals surface area (Å²) in [6.07, 6.45) is 1.63. The summed E-state index contributed by atoms with van der Waals surface area (Å²) in [4.78, 5) is 20.9. The molecule has 2 heterocycles. The lowest BCUT2D eigenvalue weighted by Crippen LogP contribution is -2.53. The molecule has 1 amide bonds. The van der Waals surface area contributed by atoms with Gasteiger partial charge in [-0.2, -0.15) is 0 Å². The Balaban J connectivity index is 1.64. The molecule has 0 aromatic heterocycles. The van der Waals surface area contributed by atoms with Gasteiger partial charge in [0.05, 0.1) is 6.54 Å². The normalized spacial score (nSPS) is 20.2. The minimum Gasteiger partial charge on any atom is -0.444 e. The van der Waals surface area contributed by atoms with Gasteiger partial charge in [0.2, 0.25) is 0 Å². The Hall–Kier alpha value is -2.28. The largest absolute Gasteiger partial charge is 0.444 e. The van der Waals surface area contributed by atoms with Gasteiger partial charge in [-0.25, -0.2) is 4.79 Å². The third kappa shape index (κ3) is 5.45. The first-order valence-electron chi connectivity index (χ1n) is 10.9. The van der Waals surface area contributed by atoms with Crippen LogP contribution in [0.25, 0.3) is 0 Å². The molecule has 1 aromatic rings. The fourth-order valence-corrected chi connectivity index (χ4v) is 4.22. The summed E-state index contributed by atoms with van der Waals surface area (Å²) in [6.45, 7) is 12.4. The lowest BCUT2D eigenvalue weighted by atomic mass is 9.72. The molecule has 0 atom stereocenters. The highest BCUT2D eigenvalue weighted by molar-refractivity contribution is 5.78. The number of nitrogens with two attached hydrogens (primary N) is 1. The first kappa shape index (κ1) is 22.4. The van der Waals surface area contributed by atoms with Crippen molar-refractivity contribution in [1.82, 2.24) is 9.80 Å². The van der Waals surface area contributed by atoms with E-state index < -0.39 is 5.60 Å². The van der Waals surface area contributed by atoms with E-state index in [1.54, 1.807) is 4.90 Å². The van der Waals surface area contributed by atoms with Crippen LogP contribution in [-0.2, 0) is 14.9 Å². The van der Waals surface area contributed by atoms with Gasteiger partial charge in [0.1, 0.15) is 5.60 Å². The Labute approximate surface area is 180 Å². The van der Waals surface area contributed by atoms with E-state index in [-0.39, 0.29) is 11.5 Å². The Morgan fingerprint density at radius 3 is 2.33 bits per heavy atom. The van der Waals surface area contributed by atoms with Crippen LogP contribution < -0.4 is 5.73 Å². The molecular weight excluding hydrogens is 380 g/mol. The van der Waals surface area contributed by atoms with Crippen LogP contribution in [0.5, 0.6) is 0 Å². The Bertz CT molecular complexity index is 758. The molecule has 166 valence electrons. The minimum absolute atomic E-state index is 0.0352. The first-order chi connectivity index (χ1) is 14.2. The van der Waals surface area contributed by atoms with Crippen molar-refractivity contribution in [2.75, 3.05) is 45.9 Å². The van der Waals surface area contributed by atoms with Crippen molar-refractivity contribution < 1.29 is 14.3 Å². The number of amides is 1. The van der Waals surface area contributed by atoms with E-state index in [9.17, 15) is 4.79 Å². The molecule has 0 bridgehead atoms. The van der Waals surface area contributed by atoms with Gasteiger partial charge < -0.3 is 25.0 Å². The van der Waals surface area contributed by atoms with Crippen LogP contribution in [0.15, 0.2) is 29.3 Å². The molecule has 0 aliphatic carbocycles. The van der Waals surface area contributed by atoms with Crippen LogP contribution >= 0.6 is 0 Å². The second-order valence-electron chi connectivity index (χ2n) is 9.34. The van der Waals surface area contributed by atoms with Crippen LogP contribution in [0.3, 0.4) is 0 Å². The van der Waals surface area contributed by atoms with Gasteiger partial charge >= 0.3 is 6.09 Å². The van der Waals surface area contributed by atoms with E-state index in [0.717, 1.165) is 26.1 Å². The fraction of sp³-hybridized carbons (Fsp3) is 0.652. The molecule has 1 aromatic carbocycles. The van der Waals surface area contributed by atoms with Gasteiger partial charge in [-0.3, -0.25) is 4.99 Å². The molecule has 0 unspecified atom stereocenters. The molecular formula is C23H36N4O3. The Morgan fingerprint density at radius 2 is 1.73 bits per heavy atom. The first-order valence-corrected chi connectivity index (χ1v) is 10.9. The van der Waals surface area contributed by atoms with Gasteiger partial charge in [-0.15, -0.1) is 0 Å². The molecule has 2 saturated heterocycles. The third-order valence-electron chi connectivity index (χ3n) is 5.97. The maximum Gasteiger partial charge on any atom is 0.410 e. The number of nitrogens with zero attached hydrogens (tertiary/aromatic N) is 3. The molecule has 2 aliphatic rings. The van der Waals surface area contributed by atoms with Gasteiger partial charge in [0, 0.05) is 44.8 Å². The topological polar surface area (TPSA) is 80.4 Å². The van der Waals surface area contributed by atoms with E-state index in [0.29, 0.717) is 38.7 Å². The molecule has 2 fully saturated rings. The minimum atomic E-state index is -0.484. The summed E-state index contributed by atoms with van der Waals surface area (Å²) in [5, 5.41) is 0. The van der Waals surface area contributed by atoms with E-state index in [2.05, 4.69) is 36.1 Å². The number of aliphatic imine (C=N–C) groups is 1. The maximum atomic E-state index is 12.3. The SMILES string of the molecule is Cc1ccccc1C1(CN=C(N)N2CCN(C(=O)OC(C)(C)C)CC2)CCOCC1. The summed E-state index contributed by atoms with van der Waals surface area (Å²) < 4.78 is 11.1. The quantitative estimate of drug-likeness (QED) is 0.605. The number of ether oxygens (including phenoxy) is 2. The van der Waals surface area contributed by atoms with Crippen molar-refractivity contribution in [3.8, 4) is 0 Å². The fourth-order valence-electron chi connectivity index (χ4n) is 4.22. The predicted molar refractivity (Wildman–Crippen MR) is 119 cm³/mol. The number of hydrogen-bond donors (Lipinski definition) is 1. The average molecular weight is 417 g/mol.